The Kier molecular flexibility index (Phi) is 4.08. The summed E-state index contributed by atoms with van der Waals surface area (Å²) in [6.45, 7) is 1.49. The topological polar surface area (TPSA) is 101 Å². The summed E-state index contributed by atoms with van der Waals surface area (Å²) in [4.78, 5) is 17.0. The lowest BCUT2D eigenvalue weighted by Gasteiger charge is -2.13. The van der Waals surface area contributed by atoms with E-state index in [-0.39, 0.29) is 32.9 Å². The van der Waals surface area contributed by atoms with Crippen LogP contribution in [-0.2, 0) is 15.3 Å². The highest BCUT2D eigenvalue weighted by atomic mass is 32.2. The van der Waals surface area contributed by atoms with Crippen molar-refractivity contribution in [2.45, 2.75) is 30.1 Å². The van der Waals surface area contributed by atoms with Crippen LogP contribution in [0, 0.1) is 17.1 Å². The summed E-state index contributed by atoms with van der Waals surface area (Å²) in [5.41, 5.74) is -0.719. The van der Waals surface area contributed by atoms with Crippen LogP contribution >= 0.6 is 0 Å². The van der Waals surface area contributed by atoms with Gasteiger partial charge in [0.2, 0.25) is 5.43 Å². The largest absolute Gasteiger partial charge is 0.463 e. The summed E-state index contributed by atoms with van der Waals surface area (Å²) >= 11 is 0. The molecule has 1 aliphatic rings. The molecule has 0 atom stereocenters. The minimum atomic E-state index is -3.74. The van der Waals surface area contributed by atoms with Gasteiger partial charge in [-0.3, -0.25) is 9.78 Å². The van der Waals surface area contributed by atoms with Crippen molar-refractivity contribution in [2.24, 2.45) is 0 Å². The predicted octanol–water partition coefficient (Wildman–Crippen LogP) is 3.34. The average Bonchev–Trinajstić information content (AvgIpc) is 3.50. The highest BCUT2D eigenvalue weighted by molar-refractivity contribution is 7.91. The Balaban J connectivity index is 2.00. The van der Waals surface area contributed by atoms with Gasteiger partial charge in [-0.15, -0.1) is 0 Å². The van der Waals surface area contributed by atoms with E-state index in [0.29, 0.717) is 18.4 Å². The van der Waals surface area contributed by atoms with Gasteiger partial charge in [0, 0.05) is 6.20 Å². The molecule has 6 nitrogen and oxygen atoms in total. The quantitative estimate of drug-likeness (QED) is 0.668. The molecule has 1 fully saturated rings. The number of aromatic nitrogens is 1. The number of fused-ring (bicyclic) bond motifs is 1. The summed E-state index contributed by atoms with van der Waals surface area (Å²) in [6, 6.07) is 7.18. The van der Waals surface area contributed by atoms with E-state index < -0.39 is 26.5 Å². The van der Waals surface area contributed by atoms with Crippen LogP contribution in [0.25, 0.3) is 22.2 Å². The molecule has 0 saturated heterocycles. The maximum absolute atomic E-state index is 13.6. The summed E-state index contributed by atoms with van der Waals surface area (Å²) in [6.07, 6.45) is 3.83. The van der Waals surface area contributed by atoms with Crippen LogP contribution < -0.4 is 5.43 Å². The highest BCUT2D eigenvalue weighted by Crippen LogP contribution is 2.48. The first kappa shape index (κ1) is 18.3. The van der Waals surface area contributed by atoms with E-state index in [9.17, 15) is 22.9 Å². The van der Waals surface area contributed by atoms with Gasteiger partial charge in [0.1, 0.15) is 17.7 Å². The Hall–Kier alpha value is -3.05. The summed E-state index contributed by atoms with van der Waals surface area (Å²) in [5, 5.41) is 9.41. The maximum atomic E-state index is 13.6. The zero-order valence-corrected chi connectivity index (χ0v) is 15.7. The van der Waals surface area contributed by atoms with Gasteiger partial charge >= 0.3 is 0 Å². The van der Waals surface area contributed by atoms with Crippen molar-refractivity contribution >= 4 is 20.8 Å². The molecular weight excluding hydrogens is 383 g/mol. The summed E-state index contributed by atoms with van der Waals surface area (Å²) in [5.74, 6) is -0.801. The molecule has 2 heterocycles. The molecule has 0 bridgehead atoms. The van der Waals surface area contributed by atoms with Crippen molar-refractivity contribution in [3.05, 3.63) is 58.3 Å². The molecule has 3 aromatic rings. The van der Waals surface area contributed by atoms with Gasteiger partial charge in [0.05, 0.1) is 38.8 Å². The molecule has 0 radical (unpaired) electrons. The SMILES string of the molecule is CCS(=O)(=O)c1cc(C2(C#N)CC2)cnc1-c1coc2ccc(F)cc2c1=O. The normalized spacial score (nSPS) is 15.3. The van der Waals surface area contributed by atoms with E-state index in [0.717, 1.165) is 12.3 Å². The Morgan fingerprint density at radius 1 is 1.32 bits per heavy atom. The number of benzene rings is 1. The molecule has 1 aromatic carbocycles. The van der Waals surface area contributed by atoms with Gasteiger partial charge in [0.25, 0.3) is 0 Å². The Bertz CT molecular complexity index is 1320. The molecular formula is C20H15FN2O4S. The molecule has 8 heteroatoms. The minimum Gasteiger partial charge on any atom is -0.463 e. The summed E-state index contributed by atoms with van der Waals surface area (Å²) < 4.78 is 44.4. The van der Waals surface area contributed by atoms with Crippen molar-refractivity contribution in [1.29, 1.82) is 5.26 Å². The molecule has 0 spiro atoms. The van der Waals surface area contributed by atoms with E-state index in [4.69, 9.17) is 4.42 Å². The smallest absolute Gasteiger partial charge is 0.202 e. The lowest BCUT2D eigenvalue weighted by molar-refractivity contribution is 0.594. The molecule has 1 saturated carbocycles. The second-order valence-corrected chi connectivity index (χ2v) is 9.03. The Morgan fingerprint density at radius 2 is 2.07 bits per heavy atom. The first-order chi connectivity index (χ1) is 13.3. The zero-order chi connectivity index (χ0) is 20.1. The van der Waals surface area contributed by atoms with Gasteiger partial charge in [-0.1, -0.05) is 6.92 Å². The number of pyridine rings is 1. The number of nitrogens with zero attached hydrogens (tertiary/aromatic N) is 2. The maximum Gasteiger partial charge on any atom is 0.202 e. The van der Waals surface area contributed by atoms with Gasteiger partial charge < -0.3 is 4.42 Å². The second kappa shape index (κ2) is 6.24. The van der Waals surface area contributed by atoms with E-state index >= 15 is 0 Å². The van der Waals surface area contributed by atoms with Crippen LogP contribution in [-0.4, -0.2) is 19.2 Å². The van der Waals surface area contributed by atoms with Gasteiger partial charge in [-0.2, -0.15) is 5.26 Å². The van der Waals surface area contributed by atoms with Crippen LogP contribution in [0.2, 0.25) is 0 Å². The lowest BCUT2D eigenvalue weighted by atomic mass is 9.99. The molecule has 0 amide bonds. The monoisotopic (exact) mass is 398 g/mol. The van der Waals surface area contributed by atoms with Crippen molar-refractivity contribution in [3.63, 3.8) is 0 Å². The van der Waals surface area contributed by atoms with E-state index in [1.807, 2.05) is 0 Å². The number of hydrogen-bond donors (Lipinski definition) is 0. The third-order valence-corrected chi connectivity index (χ3v) is 6.82. The fourth-order valence-electron chi connectivity index (χ4n) is 3.16. The highest BCUT2D eigenvalue weighted by Gasteiger charge is 2.46. The number of rotatable bonds is 4. The second-order valence-electron chi connectivity index (χ2n) is 6.79. The van der Waals surface area contributed by atoms with Crippen LogP contribution in [0.1, 0.15) is 25.3 Å². The molecule has 0 N–H and O–H groups in total. The first-order valence-corrected chi connectivity index (χ1v) is 10.3. The number of nitriles is 1. The van der Waals surface area contributed by atoms with E-state index in [1.165, 1.54) is 31.3 Å². The van der Waals surface area contributed by atoms with Crippen LogP contribution in [0.5, 0.6) is 0 Å². The van der Waals surface area contributed by atoms with Crippen LogP contribution in [0.4, 0.5) is 4.39 Å². The Labute approximate surface area is 160 Å². The minimum absolute atomic E-state index is 0.00101. The zero-order valence-electron chi connectivity index (χ0n) is 14.9. The fourth-order valence-corrected chi connectivity index (χ4v) is 4.23. The molecule has 0 unspecified atom stereocenters. The Morgan fingerprint density at radius 3 is 2.71 bits per heavy atom. The van der Waals surface area contributed by atoms with Crippen LogP contribution in [0.15, 0.2) is 50.8 Å². The third-order valence-electron chi connectivity index (χ3n) is 5.07. The first-order valence-electron chi connectivity index (χ1n) is 8.67. The van der Waals surface area contributed by atoms with Crippen molar-refractivity contribution in [2.75, 3.05) is 5.75 Å². The summed E-state index contributed by atoms with van der Waals surface area (Å²) in [7, 11) is -3.74. The molecule has 4 rings (SSSR count). The van der Waals surface area contributed by atoms with Crippen molar-refractivity contribution in [1.82, 2.24) is 4.98 Å². The van der Waals surface area contributed by atoms with Crippen molar-refractivity contribution < 1.29 is 17.2 Å². The molecule has 1 aliphatic carbocycles. The molecule has 28 heavy (non-hydrogen) atoms. The fraction of sp³-hybridized carbons (Fsp3) is 0.250. The number of sulfone groups is 1. The van der Waals surface area contributed by atoms with E-state index in [1.54, 1.807) is 0 Å². The van der Waals surface area contributed by atoms with Crippen LogP contribution in [0.3, 0.4) is 0 Å². The molecule has 2 aromatic heterocycles. The standard InChI is InChI=1S/C20H15FN2O4S/c1-2-28(25,26)17-7-12(20(11-22)5-6-20)9-23-18(17)15-10-27-16-4-3-13(21)8-14(16)19(15)24/h3-4,7-10H,2,5-6H2,1H3. The third kappa shape index (κ3) is 2.79. The lowest BCUT2D eigenvalue weighted by Crippen LogP contribution is -2.14. The van der Waals surface area contributed by atoms with Crippen molar-refractivity contribution in [3.8, 4) is 17.3 Å². The average molecular weight is 398 g/mol. The number of hydrogen-bond acceptors (Lipinski definition) is 6. The molecule has 0 aliphatic heterocycles. The van der Waals surface area contributed by atoms with E-state index in [2.05, 4.69) is 11.1 Å². The number of halogens is 1. The van der Waals surface area contributed by atoms with Gasteiger partial charge in [-0.25, -0.2) is 12.8 Å². The molecule has 142 valence electrons. The van der Waals surface area contributed by atoms with Gasteiger partial charge in [-0.05, 0) is 42.7 Å². The predicted molar refractivity (Wildman–Crippen MR) is 99.9 cm³/mol. The van der Waals surface area contributed by atoms with Gasteiger partial charge in [0.15, 0.2) is 9.84 Å².